The van der Waals surface area contributed by atoms with Crippen molar-refractivity contribution in [3.05, 3.63) is 119 Å². The van der Waals surface area contributed by atoms with E-state index in [1.807, 2.05) is 0 Å². The molecule has 0 aliphatic rings. The molecule has 0 saturated heterocycles. The first-order chi connectivity index (χ1) is 19.5. The van der Waals surface area contributed by atoms with E-state index in [-0.39, 0.29) is 16.8 Å². The molecule has 2 amide bonds. The van der Waals surface area contributed by atoms with Gasteiger partial charge in [0.2, 0.25) is 0 Å². The maximum atomic E-state index is 13.4. The Morgan fingerprint density at radius 3 is 2.07 bits per heavy atom. The third-order valence-electron chi connectivity index (χ3n) is 6.44. The van der Waals surface area contributed by atoms with Crippen LogP contribution >= 0.6 is 0 Å². The number of para-hydroxylation sites is 1. The Morgan fingerprint density at radius 1 is 0.805 bits per heavy atom. The highest BCUT2D eigenvalue weighted by molar-refractivity contribution is 6.12. The molecule has 4 rings (SSSR count). The summed E-state index contributed by atoms with van der Waals surface area (Å²) in [6.45, 7) is 1.66. The molecule has 0 aliphatic carbocycles. The van der Waals surface area contributed by atoms with Crippen molar-refractivity contribution in [1.82, 2.24) is 4.90 Å². The number of esters is 1. The lowest BCUT2D eigenvalue weighted by Gasteiger charge is -2.19. The van der Waals surface area contributed by atoms with Crippen LogP contribution in [0.5, 0.6) is 5.75 Å². The van der Waals surface area contributed by atoms with Crippen LogP contribution in [0, 0.1) is 0 Å². The standard InChI is InChI=1S/C32H27F3N2O4/c1-20(31(40)41-24-9-5-4-6-10-24)22-15-18-28(27(19-22)30(39)37(2)3)36-29(38)26-12-8-7-11-25(26)21-13-16-23(17-14-21)32(33,34)35/h4-20H,1-3H3,(H,36,38). The normalized spacial score (nSPS) is 11.9. The first-order valence-corrected chi connectivity index (χ1v) is 12.7. The number of nitrogens with one attached hydrogen (secondary N) is 1. The van der Waals surface area contributed by atoms with E-state index in [0.717, 1.165) is 12.1 Å². The van der Waals surface area contributed by atoms with Gasteiger partial charge in [-0.2, -0.15) is 13.2 Å². The maximum Gasteiger partial charge on any atom is 0.416 e. The average Bonchev–Trinajstić information content (AvgIpc) is 2.96. The minimum absolute atomic E-state index is 0.159. The fourth-order valence-electron chi connectivity index (χ4n) is 4.15. The summed E-state index contributed by atoms with van der Waals surface area (Å²) >= 11 is 0. The fourth-order valence-corrected chi connectivity index (χ4v) is 4.15. The van der Waals surface area contributed by atoms with Crippen LogP contribution in [0.25, 0.3) is 11.1 Å². The fraction of sp³-hybridized carbons (Fsp3) is 0.156. The molecule has 0 radical (unpaired) electrons. The monoisotopic (exact) mass is 560 g/mol. The molecule has 0 aliphatic heterocycles. The van der Waals surface area contributed by atoms with Gasteiger partial charge >= 0.3 is 12.1 Å². The van der Waals surface area contributed by atoms with Gasteiger partial charge in [0.1, 0.15) is 5.75 Å². The Labute approximate surface area is 235 Å². The summed E-state index contributed by atoms with van der Waals surface area (Å²) in [5.41, 5.74) is 1.15. The van der Waals surface area contributed by atoms with Crippen LogP contribution in [0.3, 0.4) is 0 Å². The van der Waals surface area contributed by atoms with Crippen LogP contribution in [-0.2, 0) is 11.0 Å². The van der Waals surface area contributed by atoms with Crippen LogP contribution in [-0.4, -0.2) is 36.8 Å². The Bertz CT molecular complexity index is 1570. The molecule has 6 nitrogen and oxygen atoms in total. The summed E-state index contributed by atoms with van der Waals surface area (Å²) in [6, 6.07) is 24.3. The van der Waals surface area contributed by atoms with E-state index < -0.39 is 35.4 Å². The van der Waals surface area contributed by atoms with E-state index in [1.165, 1.54) is 29.2 Å². The Morgan fingerprint density at radius 2 is 1.44 bits per heavy atom. The van der Waals surface area contributed by atoms with Gasteiger partial charge in [-0.1, -0.05) is 54.6 Å². The quantitative estimate of drug-likeness (QED) is 0.194. The molecule has 1 unspecified atom stereocenters. The molecular formula is C32H27F3N2O4. The molecule has 0 bridgehead atoms. The maximum absolute atomic E-state index is 13.4. The zero-order valence-electron chi connectivity index (χ0n) is 22.5. The highest BCUT2D eigenvalue weighted by Crippen LogP contribution is 2.32. The van der Waals surface area contributed by atoms with Crippen molar-refractivity contribution < 1.29 is 32.3 Å². The van der Waals surface area contributed by atoms with Gasteiger partial charge in [-0.15, -0.1) is 0 Å². The van der Waals surface area contributed by atoms with Crippen LogP contribution < -0.4 is 10.1 Å². The Balaban J connectivity index is 1.63. The molecule has 41 heavy (non-hydrogen) atoms. The van der Waals surface area contributed by atoms with E-state index >= 15 is 0 Å². The highest BCUT2D eigenvalue weighted by Gasteiger charge is 2.30. The third-order valence-corrected chi connectivity index (χ3v) is 6.44. The van der Waals surface area contributed by atoms with E-state index in [4.69, 9.17) is 4.74 Å². The molecule has 1 N–H and O–H groups in total. The van der Waals surface area contributed by atoms with Gasteiger partial charge in [0.05, 0.1) is 22.7 Å². The number of carbonyl (C=O) groups is 3. The van der Waals surface area contributed by atoms with Crippen LogP contribution in [0.15, 0.2) is 97.1 Å². The summed E-state index contributed by atoms with van der Waals surface area (Å²) in [6.07, 6.45) is -4.48. The van der Waals surface area contributed by atoms with Crippen molar-refractivity contribution >= 4 is 23.5 Å². The number of rotatable bonds is 7. The number of amides is 2. The number of hydrogen-bond donors (Lipinski definition) is 1. The minimum atomic E-state index is -4.48. The largest absolute Gasteiger partial charge is 0.426 e. The lowest BCUT2D eigenvalue weighted by molar-refractivity contribution is -0.137. The number of hydrogen-bond acceptors (Lipinski definition) is 4. The highest BCUT2D eigenvalue weighted by atomic mass is 19.4. The predicted molar refractivity (Wildman–Crippen MR) is 150 cm³/mol. The third kappa shape index (κ3) is 6.81. The van der Waals surface area contributed by atoms with Crippen LogP contribution in [0.2, 0.25) is 0 Å². The second kappa shape index (κ2) is 12.1. The summed E-state index contributed by atoms with van der Waals surface area (Å²) in [4.78, 5) is 40.6. The number of carbonyl (C=O) groups excluding carboxylic acids is 3. The number of nitrogens with zero attached hydrogens (tertiary/aromatic N) is 1. The van der Waals surface area contributed by atoms with Crippen molar-refractivity contribution in [3.63, 3.8) is 0 Å². The smallest absolute Gasteiger partial charge is 0.416 e. The molecule has 1 atom stereocenters. The van der Waals surface area contributed by atoms with Crippen molar-refractivity contribution in [3.8, 4) is 16.9 Å². The zero-order valence-corrected chi connectivity index (χ0v) is 22.5. The molecule has 0 fully saturated rings. The molecule has 210 valence electrons. The van der Waals surface area contributed by atoms with E-state index in [0.29, 0.717) is 22.4 Å². The van der Waals surface area contributed by atoms with Crippen LogP contribution in [0.4, 0.5) is 18.9 Å². The van der Waals surface area contributed by atoms with Crippen molar-refractivity contribution in [2.75, 3.05) is 19.4 Å². The summed E-state index contributed by atoms with van der Waals surface area (Å²) in [5, 5.41) is 2.76. The van der Waals surface area contributed by atoms with Crippen molar-refractivity contribution in [2.24, 2.45) is 0 Å². The first kappa shape index (κ1) is 29.1. The van der Waals surface area contributed by atoms with Crippen molar-refractivity contribution in [2.45, 2.75) is 19.0 Å². The van der Waals surface area contributed by atoms with E-state index in [1.54, 1.807) is 81.7 Å². The van der Waals surface area contributed by atoms with E-state index in [9.17, 15) is 27.6 Å². The minimum Gasteiger partial charge on any atom is -0.426 e. The molecule has 0 saturated carbocycles. The number of benzene rings is 4. The number of alkyl halides is 3. The van der Waals surface area contributed by atoms with Crippen molar-refractivity contribution in [1.29, 1.82) is 0 Å². The van der Waals surface area contributed by atoms with Gasteiger partial charge in [0, 0.05) is 19.7 Å². The summed E-state index contributed by atoms with van der Waals surface area (Å²) in [5.74, 6) is -1.79. The summed E-state index contributed by atoms with van der Waals surface area (Å²) < 4.78 is 44.5. The zero-order chi connectivity index (χ0) is 29.7. The molecule has 9 heteroatoms. The lowest BCUT2D eigenvalue weighted by atomic mass is 9.96. The van der Waals surface area contributed by atoms with Gasteiger partial charge in [-0.05, 0) is 66.1 Å². The SMILES string of the molecule is CC(C(=O)Oc1ccccc1)c1ccc(NC(=O)c2ccccc2-c2ccc(C(F)(F)F)cc2)c(C(=O)N(C)C)c1. The number of halogens is 3. The molecule has 0 heterocycles. The van der Waals surface area contributed by atoms with E-state index in [2.05, 4.69) is 5.32 Å². The average molecular weight is 561 g/mol. The predicted octanol–water partition coefficient (Wildman–Crippen LogP) is 7.04. The van der Waals surface area contributed by atoms with Gasteiger partial charge < -0.3 is 15.0 Å². The molecular weight excluding hydrogens is 533 g/mol. The molecule has 0 aromatic heterocycles. The number of ether oxygens (including phenoxy) is 1. The second-order valence-corrected chi connectivity index (χ2v) is 9.54. The molecule has 4 aromatic rings. The lowest BCUT2D eigenvalue weighted by Crippen LogP contribution is -2.25. The Kier molecular flexibility index (Phi) is 8.56. The molecule has 0 spiro atoms. The van der Waals surface area contributed by atoms with Gasteiger partial charge in [0.25, 0.3) is 11.8 Å². The second-order valence-electron chi connectivity index (χ2n) is 9.54. The first-order valence-electron chi connectivity index (χ1n) is 12.7. The van der Waals surface area contributed by atoms with Gasteiger partial charge in [-0.25, -0.2) is 0 Å². The van der Waals surface area contributed by atoms with Gasteiger partial charge in [-0.3, -0.25) is 14.4 Å². The topological polar surface area (TPSA) is 75.7 Å². The van der Waals surface area contributed by atoms with Gasteiger partial charge in [0.15, 0.2) is 0 Å². The summed E-state index contributed by atoms with van der Waals surface area (Å²) in [7, 11) is 3.13. The Hall–Kier alpha value is -4.92. The number of anilines is 1. The van der Waals surface area contributed by atoms with Crippen LogP contribution in [0.1, 0.15) is 44.7 Å². The molecule has 4 aromatic carbocycles.